The number of aliphatic carboxylic acids is 1. The van der Waals surface area contributed by atoms with E-state index in [1.54, 1.807) is 6.07 Å². The van der Waals surface area contributed by atoms with Gasteiger partial charge in [0.1, 0.15) is 12.4 Å². The van der Waals surface area contributed by atoms with Crippen molar-refractivity contribution in [3.8, 4) is 5.75 Å². The molecular weight excluding hydrogens is 471 g/mol. The Labute approximate surface area is 199 Å². The molecule has 0 spiro atoms. The fraction of sp³-hybridized carbons (Fsp3) is 0.348. The number of amides is 2. The summed E-state index contributed by atoms with van der Waals surface area (Å²) in [4.78, 5) is 34.0. The zero-order valence-electron chi connectivity index (χ0n) is 18.8. The predicted octanol–water partition coefficient (Wildman–Crippen LogP) is 1.43. The van der Waals surface area contributed by atoms with Gasteiger partial charge in [-0.15, -0.1) is 0 Å². The lowest BCUT2D eigenvalue weighted by molar-refractivity contribution is -0.192. The molecule has 2 aromatic carbocycles. The number of halogens is 3. The van der Waals surface area contributed by atoms with E-state index in [9.17, 15) is 27.9 Å². The second-order valence-corrected chi connectivity index (χ2v) is 7.58. The maximum Gasteiger partial charge on any atom is 0.490 e. The van der Waals surface area contributed by atoms with Crippen LogP contribution >= 0.6 is 0 Å². The van der Waals surface area contributed by atoms with Crippen LogP contribution in [0.1, 0.15) is 38.3 Å². The van der Waals surface area contributed by atoms with E-state index in [0.717, 1.165) is 5.56 Å². The van der Waals surface area contributed by atoms with Crippen LogP contribution in [0.25, 0.3) is 0 Å². The molecule has 2 amide bonds. The zero-order valence-corrected chi connectivity index (χ0v) is 18.8. The van der Waals surface area contributed by atoms with Crippen LogP contribution in [0.3, 0.4) is 0 Å². The van der Waals surface area contributed by atoms with Crippen LogP contribution in [0.4, 0.5) is 13.2 Å². The van der Waals surface area contributed by atoms with Gasteiger partial charge in [0.15, 0.2) is 0 Å². The monoisotopic (exact) mass is 497 g/mol. The van der Waals surface area contributed by atoms with Gasteiger partial charge in [0.25, 0.3) is 11.8 Å². The molecule has 0 aromatic heterocycles. The van der Waals surface area contributed by atoms with Crippen molar-refractivity contribution >= 4 is 17.8 Å². The first-order valence-corrected chi connectivity index (χ1v) is 10.5. The third-order valence-corrected chi connectivity index (χ3v) is 5.31. The van der Waals surface area contributed by atoms with Crippen LogP contribution in [0, 0.1) is 0 Å². The topological polar surface area (TPSA) is 151 Å². The van der Waals surface area contributed by atoms with E-state index in [1.807, 2.05) is 30.3 Å². The number of fused-ring (bicyclic) bond motifs is 1. The Morgan fingerprint density at radius 2 is 1.77 bits per heavy atom. The lowest BCUT2D eigenvalue weighted by Crippen LogP contribution is -2.34. The molecule has 0 unspecified atom stereocenters. The average molecular weight is 497 g/mol. The number of nitrogens with two attached hydrogens (primary N) is 1. The number of hydrogen-bond acceptors (Lipinski definition) is 6. The molecule has 1 heterocycles. The number of nitrogens with one attached hydrogen (secondary N) is 2. The van der Waals surface area contributed by atoms with Crippen molar-refractivity contribution in [3.05, 3.63) is 64.7 Å². The van der Waals surface area contributed by atoms with Gasteiger partial charge in [0, 0.05) is 24.7 Å². The molecule has 0 saturated heterocycles. The van der Waals surface area contributed by atoms with E-state index in [2.05, 4.69) is 10.6 Å². The normalized spacial score (nSPS) is 16.3. The first-order valence-electron chi connectivity index (χ1n) is 10.5. The number of carboxylic acids is 1. The van der Waals surface area contributed by atoms with Gasteiger partial charge in [-0.1, -0.05) is 30.3 Å². The summed E-state index contributed by atoms with van der Waals surface area (Å²) in [5, 5.41) is 22.8. The standard InChI is InChI=1S/C21H25N3O4.C2HF3O2/c1-23-20(27)16-10-14(19(26)24-9-5-8-22)11-17-18(16)28-13-21(17,12-25)15-6-3-2-4-7-15;3-2(4,5)1(6)7/h2-4,6-7,10-11,25H,5,8-9,12-13,22H2,1H3,(H,23,27)(H,24,26);(H,6,7)/t21-;/m1./s1. The fourth-order valence-electron chi connectivity index (χ4n) is 3.47. The third kappa shape index (κ3) is 6.28. The van der Waals surface area contributed by atoms with Gasteiger partial charge in [-0.05, 0) is 30.7 Å². The van der Waals surface area contributed by atoms with Crippen molar-refractivity contribution in [2.75, 3.05) is 33.4 Å². The van der Waals surface area contributed by atoms with Gasteiger partial charge in [-0.3, -0.25) is 9.59 Å². The van der Waals surface area contributed by atoms with Crippen LogP contribution in [-0.2, 0) is 10.2 Å². The lowest BCUT2D eigenvalue weighted by Gasteiger charge is -2.26. The summed E-state index contributed by atoms with van der Waals surface area (Å²) < 4.78 is 37.6. The van der Waals surface area contributed by atoms with Crippen molar-refractivity contribution < 1.29 is 42.5 Å². The summed E-state index contributed by atoms with van der Waals surface area (Å²) in [6.45, 7) is 0.895. The Kier molecular flexibility index (Phi) is 9.20. The molecule has 3 rings (SSSR count). The van der Waals surface area contributed by atoms with E-state index in [1.165, 1.54) is 13.1 Å². The van der Waals surface area contributed by atoms with Crippen LogP contribution in [0.2, 0.25) is 0 Å². The van der Waals surface area contributed by atoms with Crippen molar-refractivity contribution in [1.82, 2.24) is 10.6 Å². The number of aliphatic hydroxyl groups is 1. The molecule has 1 aliphatic heterocycles. The molecular formula is C23H26F3N3O6. The van der Waals surface area contributed by atoms with Crippen molar-refractivity contribution in [2.45, 2.75) is 18.0 Å². The highest BCUT2D eigenvalue weighted by Crippen LogP contribution is 2.45. The Morgan fingerprint density at radius 1 is 1.14 bits per heavy atom. The first kappa shape index (κ1) is 27.6. The number of carboxylic acid groups (broad SMARTS) is 1. The summed E-state index contributed by atoms with van der Waals surface area (Å²) in [6.07, 6.45) is -4.42. The van der Waals surface area contributed by atoms with E-state index >= 15 is 0 Å². The van der Waals surface area contributed by atoms with Crippen LogP contribution in [-0.4, -0.2) is 67.5 Å². The van der Waals surface area contributed by atoms with Crippen LogP contribution in [0.5, 0.6) is 5.75 Å². The smallest absolute Gasteiger partial charge is 0.490 e. The number of aliphatic hydroxyl groups excluding tert-OH is 1. The molecule has 0 radical (unpaired) electrons. The molecule has 9 nitrogen and oxygen atoms in total. The third-order valence-electron chi connectivity index (χ3n) is 5.31. The molecule has 35 heavy (non-hydrogen) atoms. The predicted molar refractivity (Wildman–Crippen MR) is 119 cm³/mol. The molecule has 0 fully saturated rings. The summed E-state index contributed by atoms with van der Waals surface area (Å²) in [6, 6.07) is 12.7. The van der Waals surface area contributed by atoms with Gasteiger partial charge < -0.3 is 31.3 Å². The number of ether oxygens (including phenoxy) is 1. The summed E-state index contributed by atoms with van der Waals surface area (Å²) in [7, 11) is 1.52. The number of carbonyl (C=O) groups is 3. The van der Waals surface area contributed by atoms with E-state index in [4.69, 9.17) is 20.4 Å². The van der Waals surface area contributed by atoms with Crippen molar-refractivity contribution in [2.24, 2.45) is 5.73 Å². The first-order chi connectivity index (χ1) is 16.5. The minimum atomic E-state index is -5.08. The number of alkyl halides is 3. The highest BCUT2D eigenvalue weighted by atomic mass is 19.4. The molecule has 190 valence electrons. The molecule has 0 bridgehead atoms. The van der Waals surface area contributed by atoms with Gasteiger partial charge in [0.2, 0.25) is 0 Å². The molecule has 2 aromatic rings. The minimum absolute atomic E-state index is 0.186. The number of rotatable bonds is 7. The highest BCUT2D eigenvalue weighted by molar-refractivity contribution is 6.02. The Hall–Kier alpha value is -3.64. The van der Waals surface area contributed by atoms with Gasteiger partial charge >= 0.3 is 12.1 Å². The molecule has 6 N–H and O–H groups in total. The van der Waals surface area contributed by atoms with Crippen molar-refractivity contribution in [1.29, 1.82) is 0 Å². The van der Waals surface area contributed by atoms with Gasteiger partial charge in [-0.25, -0.2) is 4.79 Å². The second-order valence-electron chi connectivity index (χ2n) is 7.58. The minimum Gasteiger partial charge on any atom is -0.491 e. The quantitative estimate of drug-likeness (QED) is 0.363. The van der Waals surface area contributed by atoms with Crippen LogP contribution < -0.4 is 21.1 Å². The summed E-state index contributed by atoms with van der Waals surface area (Å²) in [5.74, 6) is -3.01. The largest absolute Gasteiger partial charge is 0.491 e. The van der Waals surface area contributed by atoms with E-state index in [-0.39, 0.29) is 30.6 Å². The number of hydrogen-bond donors (Lipinski definition) is 5. The summed E-state index contributed by atoms with van der Waals surface area (Å²) >= 11 is 0. The van der Waals surface area contributed by atoms with Crippen molar-refractivity contribution in [3.63, 3.8) is 0 Å². The second kappa shape index (κ2) is 11.7. The zero-order chi connectivity index (χ0) is 26.2. The molecule has 12 heteroatoms. The molecule has 0 saturated carbocycles. The van der Waals surface area contributed by atoms with E-state index in [0.29, 0.717) is 36.4 Å². The Balaban J connectivity index is 0.000000540. The highest BCUT2D eigenvalue weighted by Gasteiger charge is 2.44. The average Bonchev–Trinajstić information content (AvgIpc) is 3.23. The van der Waals surface area contributed by atoms with E-state index < -0.39 is 17.6 Å². The maximum atomic E-state index is 12.6. The lowest BCUT2D eigenvalue weighted by atomic mass is 9.76. The number of benzene rings is 2. The molecule has 0 aliphatic carbocycles. The van der Waals surface area contributed by atoms with Gasteiger partial charge in [-0.2, -0.15) is 13.2 Å². The molecule has 1 aliphatic rings. The fourth-order valence-corrected chi connectivity index (χ4v) is 3.47. The van der Waals surface area contributed by atoms with Gasteiger partial charge in [0.05, 0.1) is 17.6 Å². The van der Waals surface area contributed by atoms with Crippen LogP contribution in [0.15, 0.2) is 42.5 Å². The Morgan fingerprint density at radius 3 is 2.29 bits per heavy atom. The Bertz CT molecular complexity index is 1060. The number of carbonyl (C=O) groups excluding carboxylic acids is 2. The maximum absolute atomic E-state index is 12.6. The summed E-state index contributed by atoms with van der Waals surface area (Å²) in [5.41, 5.74) is 6.74. The SMILES string of the molecule is CNC(=O)c1cc(C(=O)NCCCN)cc2c1OC[C@]2(CO)c1ccccc1.O=C(O)C(F)(F)F. The molecule has 1 atom stereocenters.